The van der Waals surface area contributed by atoms with Crippen LogP contribution in [0.5, 0.6) is 11.5 Å². The van der Waals surface area contributed by atoms with Gasteiger partial charge in [0, 0.05) is 19.6 Å². The molecule has 1 N–H and O–H groups in total. The van der Waals surface area contributed by atoms with E-state index in [2.05, 4.69) is 67.4 Å². The van der Waals surface area contributed by atoms with Crippen LogP contribution in [0, 0.1) is 6.92 Å². The zero-order valence-electron chi connectivity index (χ0n) is 17.4. The maximum atomic E-state index is 5.94. The lowest BCUT2D eigenvalue weighted by Crippen LogP contribution is -2.31. The van der Waals surface area contributed by atoms with Crippen LogP contribution >= 0.6 is 24.8 Å². The van der Waals surface area contributed by atoms with Gasteiger partial charge in [0.1, 0.15) is 6.61 Å². The van der Waals surface area contributed by atoms with E-state index in [9.17, 15) is 0 Å². The molecule has 6 heteroatoms. The van der Waals surface area contributed by atoms with Gasteiger partial charge >= 0.3 is 0 Å². The molecule has 28 heavy (non-hydrogen) atoms. The topological polar surface area (TPSA) is 33.7 Å². The minimum Gasteiger partial charge on any atom is -0.493 e. The molecule has 0 aromatic heterocycles. The van der Waals surface area contributed by atoms with Crippen molar-refractivity contribution >= 4 is 24.8 Å². The Hall–Kier alpha value is -1.46. The van der Waals surface area contributed by atoms with Gasteiger partial charge < -0.3 is 19.7 Å². The lowest BCUT2D eigenvalue weighted by Gasteiger charge is -2.18. The first-order valence-corrected chi connectivity index (χ1v) is 9.44. The molecule has 0 aliphatic rings. The van der Waals surface area contributed by atoms with E-state index in [1.807, 2.05) is 6.07 Å². The van der Waals surface area contributed by atoms with Crippen molar-refractivity contribution in [2.24, 2.45) is 0 Å². The largest absolute Gasteiger partial charge is 0.493 e. The number of aryl methyl sites for hydroxylation is 1. The molecule has 0 aliphatic carbocycles. The monoisotopic (exact) mass is 428 g/mol. The summed E-state index contributed by atoms with van der Waals surface area (Å²) < 4.78 is 11.5. The number of ether oxygens (including phenoxy) is 2. The number of halogens is 2. The van der Waals surface area contributed by atoms with Crippen LogP contribution in [-0.2, 0) is 13.2 Å². The Morgan fingerprint density at radius 3 is 2.14 bits per heavy atom. The Bertz CT molecular complexity index is 662. The second-order valence-electron chi connectivity index (χ2n) is 6.46. The molecule has 2 rings (SSSR count). The number of benzene rings is 2. The van der Waals surface area contributed by atoms with Crippen molar-refractivity contribution in [3.05, 3.63) is 59.2 Å². The van der Waals surface area contributed by atoms with Gasteiger partial charge in [-0.15, -0.1) is 24.8 Å². The zero-order valence-corrected chi connectivity index (χ0v) is 19.0. The number of rotatable bonds is 11. The van der Waals surface area contributed by atoms with Gasteiger partial charge in [0.25, 0.3) is 0 Å². The minimum atomic E-state index is 0. The molecule has 158 valence electrons. The van der Waals surface area contributed by atoms with Gasteiger partial charge in [-0.3, -0.25) is 0 Å². The summed E-state index contributed by atoms with van der Waals surface area (Å²) in [4.78, 5) is 2.41. The fourth-order valence-corrected chi connectivity index (χ4v) is 2.80. The van der Waals surface area contributed by atoms with Crippen molar-refractivity contribution < 1.29 is 9.47 Å². The van der Waals surface area contributed by atoms with Crippen LogP contribution in [-0.4, -0.2) is 38.2 Å². The molecule has 2 aromatic carbocycles. The van der Waals surface area contributed by atoms with E-state index < -0.39 is 0 Å². The molecule has 0 saturated carbocycles. The summed E-state index contributed by atoms with van der Waals surface area (Å²) in [5.74, 6) is 1.56. The minimum absolute atomic E-state index is 0. The summed E-state index contributed by atoms with van der Waals surface area (Å²) in [6.45, 7) is 12.1. The van der Waals surface area contributed by atoms with E-state index in [0.717, 1.165) is 49.8 Å². The quantitative estimate of drug-likeness (QED) is 0.518. The number of hydrogen-bond donors (Lipinski definition) is 1. The highest BCUT2D eigenvalue weighted by Crippen LogP contribution is 2.28. The molecule has 0 fully saturated rings. The average molecular weight is 429 g/mol. The van der Waals surface area contributed by atoms with Crippen LogP contribution in [0.3, 0.4) is 0 Å². The number of methoxy groups -OCH3 is 1. The predicted molar refractivity (Wildman–Crippen MR) is 122 cm³/mol. The molecular formula is C22H34Cl2N2O2. The molecule has 0 unspecified atom stereocenters. The van der Waals surface area contributed by atoms with Gasteiger partial charge in [0.2, 0.25) is 0 Å². The van der Waals surface area contributed by atoms with Crippen LogP contribution in [0.25, 0.3) is 0 Å². The Balaban J connectivity index is 0.00000364. The lowest BCUT2D eigenvalue weighted by atomic mass is 10.1. The number of likely N-dealkylation sites (N-methyl/N-ethyl adjacent to an activating group) is 1. The molecule has 2 aromatic rings. The summed E-state index contributed by atoms with van der Waals surface area (Å²) in [6.07, 6.45) is 0. The Labute approximate surface area is 182 Å². The molecule has 0 atom stereocenters. The van der Waals surface area contributed by atoms with E-state index in [1.54, 1.807) is 7.11 Å². The maximum absolute atomic E-state index is 5.94. The van der Waals surface area contributed by atoms with E-state index in [1.165, 1.54) is 11.1 Å². The summed E-state index contributed by atoms with van der Waals surface area (Å²) in [5.41, 5.74) is 3.60. The van der Waals surface area contributed by atoms with Gasteiger partial charge in [0.05, 0.1) is 7.11 Å². The zero-order chi connectivity index (χ0) is 18.8. The fraction of sp³-hybridized carbons (Fsp3) is 0.455. The van der Waals surface area contributed by atoms with Crippen LogP contribution < -0.4 is 14.8 Å². The highest BCUT2D eigenvalue weighted by atomic mass is 35.5. The van der Waals surface area contributed by atoms with Crippen molar-refractivity contribution in [2.45, 2.75) is 33.9 Å². The number of nitrogens with one attached hydrogen (secondary N) is 1. The molecule has 0 aliphatic heterocycles. The van der Waals surface area contributed by atoms with Gasteiger partial charge in [-0.1, -0.05) is 49.7 Å². The second kappa shape index (κ2) is 14.5. The van der Waals surface area contributed by atoms with E-state index in [0.29, 0.717) is 6.61 Å². The van der Waals surface area contributed by atoms with Crippen molar-refractivity contribution in [2.75, 3.05) is 33.3 Å². The molecule has 0 saturated heterocycles. The maximum Gasteiger partial charge on any atom is 0.161 e. The van der Waals surface area contributed by atoms with Gasteiger partial charge in [-0.2, -0.15) is 0 Å². The van der Waals surface area contributed by atoms with E-state index in [4.69, 9.17) is 9.47 Å². The Kier molecular flexibility index (Phi) is 13.8. The fourth-order valence-electron chi connectivity index (χ4n) is 2.80. The highest BCUT2D eigenvalue weighted by Gasteiger charge is 2.07. The highest BCUT2D eigenvalue weighted by molar-refractivity contribution is 5.85. The van der Waals surface area contributed by atoms with Crippen LogP contribution in [0.4, 0.5) is 0 Å². The molecule has 0 heterocycles. The van der Waals surface area contributed by atoms with Crippen molar-refractivity contribution in [1.29, 1.82) is 0 Å². The molecule has 0 bridgehead atoms. The molecule has 4 nitrogen and oxygen atoms in total. The number of hydrogen-bond acceptors (Lipinski definition) is 4. The van der Waals surface area contributed by atoms with Gasteiger partial charge in [0.15, 0.2) is 11.5 Å². The first-order chi connectivity index (χ1) is 12.7. The van der Waals surface area contributed by atoms with E-state index >= 15 is 0 Å². The Morgan fingerprint density at radius 2 is 1.54 bits per heavy atom. The normalized spacial score (nSPS) is 10.2. The summed E-state index contributed by atoms with van der Waals surface area (Å²) in [5, 5.41) is 3.50. The average Bonchev–Trinajstić information content (AvgIpc) is 2.68. The van der Waals surface area contributed by atoms with Gasteiger partial charge in [-0.05, 0) is 43.3 Å². The van der Waals surface area contributed by atoms with Crippen molar-refractivity contribution in [3.8, 4) is 11.5 Å². The van der Waals surface area contributed by atoms with Crippen molar-refractivity contribution in [1.82, 2.24) is 10.2 Å². The third-order valence-corrected chi connectivity index (χ3v) is 4.57. The van der Waals surface area contributed by atoms with Crippen LogP contribution in [0.2, 0.25) is 0 Å². The van der Waals surface area contributed by atoms with Gasteiger partial charge in [-0.25, -0.2) is 0 Å². The molecule has 0 amide bonds. The summed E-state index contributed by atoms with van der Waals surface area (Å²) in [7, 11) is 1.69. The third-order valence-electron chi connectivity index (χ3n) is 4.57. The Morgan fingerprint density at radius 1 is 0.893 bits per heavy atom. The molecule has 0 spiro atoms. The third kappa shape index (κ3) is 8.70. The standard InChI is InChI=1S/C22H32N2O2.2ClH/c1-5-24(6-2)14-13-23-16-20-11-12-21(22(15-20)25-4)26-17-19-9-7-18(3)8-10-19;;/h7-12,15,23H,5-6,13-14,16-17H2,1-4H3;2*1H. The predicted octanol–water partition coefficient (Wildman–Crippen LogP) is 4.86. The van der Waals surface area contributed by atoms with Crippen LogP contribution in [0.1, 0.15) is 30.5 Å². The second-order valence-corrected chi connectivity index (χ2v) is 6.46. The first kappa shape index (κ1) is 26.5. The lowest BCUT2D eigenvalue weighted by molar-refractivity contribution is 0.284. The molecule has 0 radical (unpaired) electrons. The van der Waals surface area contributed by atoms with E-state index in [-0.39, 0.29) is 24.8 Å². The van der Waals surface area contributed by atoms with Crippen molar-refractivity contribution in [3.63, 3.8) is 0 Å². The summed E-state index contributed by atoms with van der Waals surface area (Å²) >= 11 is 0. The first-order valence-electron chi connectivity index (χ1n) is 9.44. The SMILES string of the molecule is CCN(CC)CCNCc1ccc(OCc2ccc(C)cc2)c(OC)c1.Cl.Cl. The summed E-state index contributed by atoms with van der Waals surface area (Å²) in [6, 6.07) is 14.5. The number of nitrogens with zero attached hydrogens (tertiary/aromatic N) is 1. The smallest absolute Gasteiger partial charge is 0.161 e. The van der Waals surface area contributed by atoms with Crippen LogP contribution in [0.15, 0.2) is 42.5 Å². The molecular weight excluding hydrogens is 395 g/mol.